The molecule has 0 heterocycles. The van der Waals surface area contributed by atoms with Gasteiger partial charge in [-0.2, -0.15) is 8.78 Å². The fourth-order valence-electron chi connectivity index (χ4n) is 1.76. The average Bonchev–Trinajstić information content (AvgIpc) is 2.49. The summed E-state index contributed by atoms with van der Waals surface area (Å²) < 4.78 is 43.1. The third-order valence-corrected chi connectivity index (χ3v) is 3.23. The van der Waals surface area contributed by atoms with E-state index in [2.05, 4.69) is 26.0 Å². The molecule has 0 aliphatic rings. The topological polar surface area (TPSA) is 38.3 Å². The first-order valence-electron chi connectivity index (χ1n) is 6.43. The zero-order chi connectivity index (χ0) is 16.8. The Hall–Kier alpha value is -2.28. The summed E-state index contributed by atoms with van der Waals surface area (Å²) >= 11 is 3.21. The number of halogens is 4. The summed E-state index contributed by atoms with van der Waals surface area (Å²) in [5.74, 6) is -1.24. The number of anilines is 1. The van der Waals surface area contributed by atoms with Gasteiger partial charge in [0.2, 0.25) is 5.91 Å². The Balaban J connectivity index is 2.14. The second kappa shape index (κ2) is 7.82. The zero-order valence-corrected chi connectivity index (χ0v) is 13.2. The first-order valence-corrected chi connectivity index (χ1v) is 7.23. The Morgan fingerprint density at radius 1 is 1.22 bits per heavy atom. The Labute approximate surface area is 138 Å². The van der Waals surface area contributed by atoms with Crippen molar-refractivity contribution in [3.63, 3.8) is 0 Å². The largest absolute Gasteiger partial charge is 0.434 e. The van der Waals surface area contributed by atoms with Gasteiger partial charge in [0.05, 0.1) is 5.69 Å². The third kappa shape index (κ3) is 5.14. The van der Waals surface area contributed by atoms with Gasteiger partial charge in [-0.25, -0.2) is 4.39 Å². The number of nitrogens with one attached hydrogen (secondary N) is 1. The minimum Gasteiger partial charge on any atom is -0.434 e. The molecule has 0 unspecified atom stereocenters. The highest BCUT2D eigenvalue weighted by atomic mass is 79.9. The molecule has 0 bridgehead atoms. The van der Waals surface area contributed by atoms with Crippen LogP contribution in [0.1, 0.15) is 5.56 Å². The van der Waals surface area contributed by atoms with Gasteiger partial charge in [0.15, 0.2) is 0 Å². The number of carbonyl (C=O) groups excluding carboxylic acids is 1. The molecule has 2 rings (SSSR count). The number of para-hydroxylation sites is 1. The fraction of sp³-hybridized carbons (Fsp3) is 0.0625. The van der Waals surface area contributed by atoms with Crippen molar-refractivity contribution in [3.05, 3.63) is 64.4 Å². The standard InChI is InChI=1S/C16H11BrF3NO2/c17-11-6-7-14(23-16(19)20)10(9-11)5-8-15(22)21-13-4-2-1-3-12(13)18/h1-9,16H,(H,21,22)/b8-5+. The molecule has 0 aromatic heterocycles. The molecular weight excluding hydrogens is 375 g/mol. The smallest absolute Gasteiger partial charge is 0.387 e. The normalized spacial score (nSPS) is 11.0. The van der Waals surface area contributed by atoms with Gasteiger partial charge in [0.25, 0.3) is 0 Å². The molecule has 3 nitrogen and oxygen atoms in total. The molecule has 0 aliphatic heterocycles. The van der Waals surface area contributed by atoms with Gasteiger partial charge >= 0.3 is 6.61 Å². The van der Waals surface area contributed by atoms with Crippen LogP contribution in [0.15, 0.2) is 53.0 Å². The Kier molecular flexibility index (Phi) is 5.81. The van der Waals surface area contributed by atoms with E-state index < -0.39 is 18.3 Å². The summed E-state index contributed by atoms with van der Waals surface area (Å²) in [7, 11) is 0. The lowest BCUT2D eigenvalue weighted by Crippen LogP contribution is -2.09. The monoisotopic (exact) mass is 385 g/mol. The van der Waals surface area contributed by atoms with E-state index in [1.807, 2.05) is 0 Å². The van der Waals surface area contributed by atoms with E-state index in [0.717, 1.165) is 6.08 Å². The lowest BCUT2D eigenvalue weighted by molar-refractivity contribution is -0.111. The first kappa shape index (κ1) is 17.1. The van der Waals surface area contributed by atoms with Crippen molar-refractivity contribution in [2.45, 2.75) is 6.61 Å². The first-order chi connectivity index (χ1) is 11.0. The quantitative estimate of drug-likeness (QED) is 0.747. The molecule has 0 aliphatic carbocycles. The van der Waals surface area contributed by atoms with Crippen molar-refractivity contribution in [2.24, 2.45) is 0 Å². The van der Waals surface area contributed by atoms with Crippen LogP contribution in [0.5, 0.6) is 5.75 Å². The number of ether oxygens (including phenoxy) is 1. The molecule has 1 amide bonds. The Morgan fingerprint density at radius 3 is 2.65 bits per heavy atom. The molecule has 0 saturated carbocycles. The van der Waals surface area contributed by atoms with E-state index >= 15 is 0 Å². The van der Waals surface area contributed by atoms with Gasteiger partial charge in [-0.05, 0) is 36.4 Å². The molecule has 120 valence electrons. The maximum absolute atomic E-state index is 13.4. The van der Waals surface area contributed by atoms with Crippen molar-refractivity contribution in [2.75, 3.05) is 5.32 Å². The van der Waals surface area contributed by atoms with Crippen LogP contribution in [-0.4, -0.2) is 12.5 Å². The summed E-state index contributed by atoms with van der Waals surface area (Å²) in [5.41, 5.74) is 0.309. The molecule has 2 aromatic rings. The molecule has 0 saturated heterocycles. The van der Waals surface area contributed by atoms with E-state index in [1.54, 1.807) is 6.07 Å². The lowest BCUT2D eigenvalue weighted by atomic mass is 10.2. The van der Waals surface area contributed by atoms with Crippen LogP contribution in [0.4, 0.5) is 18.9 Å². The van der Waals surface area contributed by atoms with Gasteiger partial charge in [-0.15, -0.1) is 0 Å². The molecule has 7 heteroatoms. The Morgan fingerprint density at radius 2 is 1.96 bits per heavy atom. The van der Waals surface area contributed by atoms with Crippen LogP contribution in [0, 0.1) is 5.82 Å². The summed E-state index contributed by atoms with van der Waals surface area (Å²) in [5, 5.41) is 2.35. The minimum absolute atomic E-state index is 0.0282. The van der Waals surface area contributed by atoms with E-state index in [0.29, 0.717) is 4.47 Å². The van der Waals surface area contributed by atoms with Gasteiger partial charge in [-0.3, -0.25) is 4.79 Å². The van der Waals surface area contributed by atoms with Crippen molar-refractivity contribution in [3.8, 4) is 5.75 Å². The number of benzene rings is 2. The number of alkyl halides is 2. The van der Waals surface area contributed by atoms with Gasteiger partial charge in [-0.1, -0.05) is 28.1 Å². The molecule has 0 atom stereocenters. The Bertz CT molecular complexity index is 735. The maximum atomic E-state index is 13.4. The maximum Gasteiger partial charge on any atom is 0.387 e. The number of rotatable bonds is 5. The number of amides is 1. The van der Waals surface area contributed by atoms with Gasteiger partial charge in [0.1, 0.15) is 11.6 Å². The third-order valence-electron chi connectivity index (χ3n) is 2.73. The van der Waals surface area contributed by atoms with Crippen molar-refractivity contribution >= 4 is 33.6 Å². The molecule has 1 N–H and O–H groups in total. The molecule has 0 spiro atoms. The average molecular weight is 386 g/mol. The van der Waals surface area contributed by atoms with Crippen LogP contribution < -0.4 is 10.1 Å². The lowest BCUT2D eigenvalue weighted by Gasteiger charge is -2.08. The molecule has 23 heavy (non-hydrogen) atoms. The molecule has 0 radical (unpaired) electrons. The molecule has 2 aromatic carbocycles. The van der Waals surface area contributed by atoms with Gasteiger partial charge in [0, 0.05) is 16.1 Å². The van der Waals surface area contributed by atoms with Crippen LogP contribution in [0.3, 0.4) is 0 Å². The van der Waals surface area contributed by atoms with Crippen LogP contribution >= 0.6 is 15.9 Å². The number of hydrogen-bond donors (Lipinski definition) is 1. The highest BCUT2D eigenvalue weighted by Crippen LogP contribution is 2.26. The van der Waals surface area contributed by atoms with Crippen molar-refractivity contribution < 1.29 is 22.7 Å². The zero-order valence-electron chi connectivity index (χ0n) is 11.6. The molecular formula is C16H11BrF3NO2. The summed E-state index contributed by atoms with van der Waals surface area (Å²) in [6, 6.07) is 10.1. The SMILES string of the molecule is O=C(/C=C/c1cc(Br)ccc1OC(F)F)Nc1ccccc1F. The summed E-state index contributed by atoms with van der Waals surface area (Å²) in [6.45, 7) is -2.98. The van der Waals surface area contributed by atoms with Crippen LogP contribution in [0.25, 0.3) is 6.08 Å². The van der Waals surface area contributed by atoms with E-state index in [1.165, 1.54) is 42.5 Å². The van der Waals surface area contributed by atoms with E-state index in [4.69, 9.17) is 0 Å². The van der Waals surface area contributed by atoms with Crippen molar-refractivity contribution in [1.82, 2.24) is 0 Å². The van der Waals surface area contributed by atoms with Crippen molar-refractivity contribution in [1.29, 1.82) is 0 Å². The minimum atomic E-state index is -2.98. The van der Waals surface area contributed by atoms with E-state index in [9.17, 15) is 18.0 Å². The summed E-state index contributed by atoms with van der Waals surface area (Å²) in [6.07, 6.45) is 2.41. The van der Waals surface area contributed by atoms with Crippen LogP contribution in [-0.2, 0) is 4.79 Å². The predicted molar refractivity (Wildman–Crippen MR) is 84.8 cm³/mol. The second-order valence-electron chi connectivity index (χ2n) is 4.36. The number of hydrogen-bond acceptors (Lipinski definition) is 2. The summed E-state index contributed by atoms with van der Waals surface area (Å²) in [4.78, 5) is 11.8. The van der Waals surface area contributed by atoms with E-state index in [-0.39, 0.29) is 17.0 Å². The van der Waals surface area contributed by atoms with Crippen LogP contribution in [0.2, 0.25) is 0 Å². The second-order valence-corrected chi connectivity index (χ2v) is 5.28. The highest BCUT2D eigenvalue weighted by molar-refractivity contribution is 9.10. The fourth-order valence-corrected chi connectivity index (χ4v) is 2.13. The highest BCUT2D eigenvalue weighted by Gasteiger charge is 2.09. The number of carbonyl (C=O) groups is 1. The predicted octanol–water partition coefficient (Wildman–Crippen LogP) is 4.84. The molecule has 0 fully saturated rings. The van der Waals surface area contributed by atoms with Gasteiger partial charge < -0.3 is 10.1 Å².